The lowest BCUT2D eigenvalue weighted by Crippen LogP contribution is -2.28. The van der Waals surface area contributed by atoms with Crippen LogP contribution >= 0.6 is 0 Å². The summed E-state index contributed by atoms with van der Waals surface area (Å²) in [5.74, 6) is 0.845. The van der Waals surface area contributed by atoms with Crippen molar-refractivity contribution >= 4 is 22.5 Å². The van der Waals surface area contributed by atoms with Gasteiger partial charge in [-0.2, -0.15) is 0 Å². The molecule has 0 N–H and O–H groups in total. The van der Waals surface area contributed by atoms with Crippen molar-refractivity contribution in [3.63, 3.8) is 0 Å². The zero-order chi connectivity index (χ0) is 24.9. The van der Waals surface area contributed by atoms with Gasteiger partial charge in [0.2, 0.25) is 11.8 Å². The number of likely N-dealkylation sites (N-methyl/N-ethyl adjacent to an activating group) is 1. The van der Waals surface area contributed by atoms with E-state index in [0.717, 1.165) is 70.2 Å². The molecule has 4 aromatic rings. The summed E-state index contributed by atoms with van der Waals surface area (Å²) in [5, 5.41) is 1.06. The van der Waals surface area contributed by atoms with Gasteiger partial charge < -0.3 is 14.5 Å². The number of benzene rings is 2. The highest BCUT2D eigenvalue weighted by Gasteiger charge is 2.59. The van der Waals surface area contributed by atoms with Crippen LogP contribution in [0.2, 0.25) is 0 Å². The second-order valence-corrected chi connectivity index (χ2v) is 10.1. The summed E-state index contributed by atoms with van der Waals surface area (Å²) in [5.41, 5.74) is 6.75. The van der Waals surface area contributed by atoms with Gasteiger partial charge in [-0.25, -0.2) is 4.98 Å². The van der Waals surface area contributed by atoms with E-state index in [4.69, 9.17) is 9.72 Å². The third kappa shape index (κ3) is 3.73. The number of amides is 1. The molecule has 1 fully saturated rings. The summed E-state index contributed by atoms with van der Waals surface area (Å²) >= 11 is 0. The largest absolute Gasteiger partial charge is 0.477 e. The lowest BCUT2D eigenvalue weighted by atomic mass is 9.92. The molecule has 0 atom stereocenters. The van der Waals surface area contributed by atoms with Gasteiger partial charge in [0.1, 0.15) is 0 Å². The van der Waals surface area contributed by atoms with E-state index in [2.05, 4.69) is 60.4 Å². The minimum atomic E-state index is -0.360. The van der Waals surface area contributed by atoms with Crippen molar-refractivity contribution in [2.45, 2.75) is 24.7 Å². The Morgan fingerprint density at radius 1 is 0.972 bits per heavy atom. The monoisotopic (exact) mass is 478 g/mol. The second kappa shape index (κ2) is 8.71. The first-order valence-corrected chi connectivity index (χ1v) is 12.5. The van der Waals surface area contributed by atoms with E-state index in [-0.39, 0.29) is 11.3 Å². The Kier molecular flexibility index (Phi) is 5.49. The van der Waals surface area contributed by atoms with Crippen LogP contribution in [0.25, 0.3) is 33.2 Å². The van der Waals surface area contributed by atoms with E-state index in [0.29, 0.717) is 12.5 Å². The molecule has 6 rings (SSSR count). The van der Waals surface area contributed by atoms with Crippen LogP contribution in [-0.4, -0.2) is 55.1 Å². The van der Waals surface area contributed by atoms with Crippen LogP contribution in [0.3, 0.4) is 0 Å². The number of hydrogen-bond donors (Lipinski definition) is 0. The fraction of sp³-hybridized carbons (Fsp3) is 0.300. The normalized spacial score (nSPS) is 15.7. The number of hydrogen-bond acceptors (Lipinski definition) is 5. The van der Waals surface area contributed by atoms with Gasteiger partial charge in [-0.3, -0.25) is 9.78 Å². The van der Waals surface area contributed by atoms with E-state index >= 15 is 0 Å². The Morgan fingerprint density at radius 2 is 1.78 bits per heavy atom. The third-order valence-corrected chi connectivity index (χ3v) is 7.41. The van der Waals surface area contributed by atoms with Gasteiger partial charge in [-0.15, -0.1) is 0 Å². The number of anilines is 1. The van der Waals surface area contributed by atoms with Crippen molar-refractivity contribution in [2.24, 2.45) is 0 Å². The maximum Gasteiger partial charge on any atom is 0.237 e. The minimum Gasteiger partial charge on any atom is -0.477 e. The summed E-state index contributed by atoms with van der Waals surface area (Å²) in [6, 6.07) is 18.7. The van der Waals surface area contributed by atoms with E-state index < -0.39 is 0 Å². The number of fused-ring (bicyclic) bond motifs is 4. The number of carbonyl (C=O) groups excluding carboxylic acids is 1. The lowest BCUT2D eigenvalue weighted by Gasteiger charge is -2.15. The molecule has 0 unspecified atom stereocenters. The molecule has 182 valence electrons. The summed E-state index contributed by atoms with van der Waals surface area (Å²) in [6.07, 6.45) is 6.48. The molecule has 2 aromatic heterocycles. The van der Waals surface area contributed by atoms with Crippen LogP contribution in [0.15, 0.2) is 67.0 Å². The summed E-state index contributed by atoms with van der Waals surface area (Å²) < 4.78 is 6.13. The molecule has 0 saturated heterocycles. The molecule has 1 amide bonds. The van der Waals surface area contributed by atoms with Crippen molar-refractivity contribution in [1.82, 2.24) is 14.9 Å². The fourth-order valence-corrected chi connectivity index (χ4v) is 5.34. The maximum absolute atomic E-state index is 13.0. The molecular formula is C30H30N4O2. The Hall–Kier alpha value is -3.77. The number of nitrogens with zero attached hydrogens (tertiary/aromatic N) is 4. The molecule has 36 heavy (non-hydrogen) atoms. The van der Waals surface area contributed by atoms with E-state index in [1.165, 1.54) is 0 Å². The Bertz CT molecular complexity index is 1460. The van der Waals surface area contributed by atoms with E-state index in [9.17, 15) is 4.79 Å². The van der Waals surface area contributed by atoms with Gasteiger partial charge in [0.05, 0.1) is 29.4 Å². The topological polar surface area (TPSA) is 58.6 Å². The molecule has 0 bridgehead atoms. The predicted molar refractivity (Wildman–Crippen MR) is 143 cm³/mol. The van der Waals surface area contributed by atoms with E-state index in [1.807, 2.05) is 37.6 Å². The smallest absolute Gasteiger partial charge is 0.237 e. The SMILES string of the molecule is CN(C)CCCOc1ncc(-c2ccc3ncc4c(c3c2)C2(CC2)C(=O)N4C)cc1-c1ccccc1. The average Bonchev–Trinajstić information content (AvgIpc) is 3.68. The fourth-order valence-electron chi connectivity index (χ4n) is 5.34. The molecule has 3 heterocycles. The van der Waals surface area contributed by atoms with Gasteiger partial charge in [-0.05, 0) is 62.7 Å². The quantitative estimate of drug-likeness (QED) is 0.337. The van der Waals surface area contributed by atoms with Crippen molar-refractivity contribution < 1.29 is 9.53 Å². The Morgan fingerprint density at radius 3 is 2.53 bits per heavy atom. The zero-order valence-electron chi connectivity index (χ0n) is 21.0. The number of pyridine rings is 2. The van der Waals surface area contributed by atoms with Crippen LogP contribution in [-0.2, 0) is 10.2 Å². The van der Waals surface area contributed by atoms with Crippen molar-refractivity contribution in [3.8, 4) is 28.1 Å². The number of carbonyl (C=O) groups is 1. The molecule has 2 aromatic carbocycles. The van der Waals surface area contributed by atoms with Crippen molar-refractivity contribution in [1.29, 1.82) is 0 Å². The first-order chi connectivity index (χ1) is 17.5. The predicted octanol–water partition coefficient (Wildman–Crippen LogP) is 5.30. The molecule has 6 heteroatoms. The molecule has 1 aliphatic carbocycles. The van der Waals surface area contributed by atoms with Crippen LogP contribution in [0.5, 0.6) is 5.88 Å². The Labute approximate surface area is 211 Å². The summed E-state index contributed by atoms with van der Waals surface area (Å²) in [7, 11) is 5.99. The molecule has 1 aliphatic heterocycles. The highest BCUT2D eigenvalue weighted by atomic mass is 16.5. The minimum absolute atomic E-state index is 0.195. The van der Waals surface area contributed by atoms with Gasteiger partial charge in [-0.1, -0.05) is 36.4 Å². The van der Waals surface area contributed by atoms with Crippen molar-refractivity contribution in [2.75, 3.05) is 39.2 Å². The molecule has 1 spiro atoms. The first kappa shape index (κ1) is 22.7. The van der Waals surface area contributed by atoms with Crippen LogP contribution in [0.4, 0.5) is 5.69 Å². The van der Waals surface area contributed by atoms with Crippen LogP contribution < -0.4 is 9.64 Å². The van der Waals surface area contributed by atoms with Gasteiger partial charge in [0, 0.05) is 41.9 Å². The molecule has 2 aliphatic rings. The van der Waals surface area contributed by atoms with Gasteiger partial charge in [0.25, 0.3) is 0 Å². The molecule has 1 saturated carbocycles. The van der Waals surface area contributed by atoms with E-state index in [1.54, 1.807) is 4.90 Å². The molecule has 6 nitrogen and oxygen atoms in total. The van der Waals surface area contributed by atoms with Crippen molar-refractivity contribution in [3.05, 3.63) is 72.6 Å². The summed E-state index contributed by atoms with van der Waals surface area (Å²) in [4.78, 5) is 26.3. The van der Waals surface area contributed by atoms with Gasteiger partial charge >= 0.3 is 0 Å². The third-order valence-electron chi connectivity index (χ3n) is 7.41. The zero-order valence-corrected chi connectivity index (χ0v) is 21.0. The maximum atomic E-state index is 13.0. The number of rotatable bonds is 7. The first-order valence-electron chi connectivity index (χ1n) is 12.5. The standard InChI is InChI=1S/C30H30N4O2/c1-33(2)14-7-15-36-28-23(20-8-5-4-6-9-20)17-22(18-32-28)21-10-11-25-24(16-21)27-26(19-31-25)34(3)29(35)30(27)12-13-30/h4-6,8-11,16-19H,7,12-15H2,1-3H3. The molecule has 0 radical (unpaired) electrons. The van der Waals surface area contributed by atoms with Crippen LogP contribution in [0, 0.1) is 0 Å². The van der Waals surface area contributed by atoms with Gasteiger partial charge in [0.15, 0.2) is 0 Å². The Balaban J connectivity index is 1.42. The highest BCUT2D eigenvalue weighted by Crippen LogP contribution is 2.58. The lowest BCUT2D eigenvalue weighted by molar-refractivity contribution is -0.119. The van der Waals surface area contributed by atoms with Crippen LogP contribution in [0.1, 0.15) is 24.8 Å². The second-order valence-electron chi connectivity index (χ2n) is 10.1. The molecular weight excluding hydrogens is 448 g/mol. The highest BCUT2D eigenvalue weighted by molar-refractivity contribution is 6.14. The number of ether oxygens (including phenoxy) is 1. The average molecular weight is 479 g/mol. The number of aromatic nitrogens is 2. The summed E-state index contributed by atoms with van der Waals surface area (Å²) in [6.45, 7) is 1.58.